The number of esters is 1. The van der Waals surface area contributed by atoms with Crippen LogP contribution in [0.5, 0.6) is 5.75 Å². The van der Waals surface area contributed by atoms with Crippen LogP contribution in [0, 0.1) is 6.92 Å². The fourth-order valence-electron chi connectivity index (χ4n) is 2.45. The quantitative estimate of drug-likeness (QED) is 0.403. The number of hydrogen-bond donors (Lipinski definition) is 0. The molecule has 0 aliphatic carbocycles. The number of carbonyl (C=O) groups excluding carboxylic acids is 1. The average molecular weight is 321 g/mol. The molecule has 0 bridgehead atoms. The van der Waals surface area contributed by atoms with E-state index in [1.54, 1.807) is 6.20 Å². The van der Waals surface area contributed by atoms with Gasteiger partial charge in [0.25, 0.3) is 0 Å². The Bertz CT molecular complexity index is 460. The van der Waals surface area contributed by atoms with Gasteiger partial charge in [0.15, 0.2) is 0 Å². The minimum absolute atomic E-state index is 0.204. The van der Waals surface area contributed by atoms with Crippen LogP contribution in [0.4, 0.5) is 0 Å². The molecule has 0 radical (unpaired) electrons. The smallest absolute Gasteiger partial charge is 0.303 e. The third-order valence-electron chi connectivity index (χ3n) is 3.93. The molecule has 1 rings (SSSR count). The second kappa shape index (κ2) is 11.9. The number of hydrogen-bond acceptors (Lipinski definition) is 4. The van der Waals surface area contributed by atoms with Gasteiger partial charge in [-0.25, -0.2) is 0 Å². The van der Waals surface area contributed by atoms with Gasteiger partial charge in [-0.1, -0.05) is 51.9 Å². The standard InChI is InChI=1S/C19H31NO3/c1-4-5-6-7-8-9-10-11-14-22-19-12-13-20-18(16(19)2)15-23-17(3)21/h12-13H,4-11,14-15H2,1-3H3. The summed E-state index contributed by atoms with van der Waals surface area (Å²) in [4.78, 5) is 15.1. The summed E-state index contributed by atoms with van der Waals surface area (Å²) < 4.78 is 10.9. The van der Waals surface area contributed by atoms with E-state index in [2.05, 4.69) is 11.9 Å². The molecule has 0 fully saturated rings. The third-order valence-corrected chi connectivity index (χ3v) is 3.93. The van der Waals surface area contributed by atoms with Crippen LogP contribution in [0.15, 0.2) is 12.3 Å². The normalized spacial score (nSPS) is 10.6. The predicted molar refractivity (Wildman–Crippen MR) is 92.5 cm³/mol. The summed E-state index contributed by atoms with van der Waals surface area (Å²) in [6.45, 7) is 6.53. The van der Waals surface area contributed by atoms with E-state index in [4.69, 9.17) is 9.47 Å². The number of rotatable bonds is 12. The zero-order valence-corrected chi connectivity index (χ0v) is 14.9. The Morgan fingerprint density at radius 2 is 1.74 bits per heavy atom. The average Bonchev–Trinajstić information content (AvgIpc) is 2.53. The number of pyridine rings is 1. The van der Waals surface area contributed by atoms with E-state index >= 15 is 0 Å². The molecule has 0 unspecified atom stereocenters. The van der Waals surface area contributed by atoms with Crippen LogP contribution < -0.4 is 4.74 Å². The van der Waals surface area contributed by atoms with E-state index in [9.17, 15) is 4.79 Å². The summed E-state index contributed by atoms with van der Waals surface area (Å²) in [7, 11) is 0. The third kappa shape index (κ3) is 8.58. The van der Waals surface area contributed by atoms with Gasteiger partial charge in [0, 0.05) is 18.7 Å². The van der Waals surface area contributed by atoms with Crippen LogP contribution in [0.25, 0.3) is 0 Å². The maximum atomic E-state index is 10.9. The van der Waals surface area contributed by atoms with Gasteiger partial charge >= 0.3 is 5.97 Å². The molecule has 4 heteroatoms. The van der Waals surface area contributed by atoms with Gasteiger partial charge in [-0.15, -0.1) is 0 Å². The summed E-state index contributed by atoms with van der Waals surface area (Å²) in [6.07, 6.45) is 12.0. The molecule has 130 valence electrons. The molecule has 1 aromatic heterocycles. The van der Waals surface area contributed by atoms with Gasteiger partial charge in [-0.05, 0) is 19.4 Å². The number of ether oxygens (including phenoxy) is 2. The van der Waals surface area contributed by atoms with Crippen LogP contribution in [0.1, 0.15) is 76.5 Å². The molecule has 0 aromatic carbocycles. The van der Waals surface area contributed by atoms with Crippen molar-refractivity contribution in [1.29, 1.82) is 0 Å². The zero-order valence-electron chi connectivity index (χ0n) is 14.9. The second-order valence-corrected chi connectivity index (χ2v) is 5.98. The highest BCUT2D eigenvalue weighted by Gasteiger charge is 2.08. The Morgan fingerprint density at radius 3 is 2.39 bits per heavy atom. The Balaban J connectivity index is 2.22. The monoisotopic (exact) mass is 321 g/mol. The van der Waals surface area contributed by atoms with E-state index in [1.807, 2.05) is 13.0 Å². The van der Waals surface area contributed by atoms with Crippen LogP contribution in [-0.2, 0) is 16.1 Å². The van der Waals surface area contributed by atoms with E-state index in [-0.39, 0.29) is 12.6 Å². The highest BCUT2D eigenvalue weighted by Crippen LogP contribution is 2.20. The maximum absolute atomic E-state index is 10.9. The van der Waals surface area contributed by atoms with Crippen molar-refractivity contribution >= 4 is 5.97 Å². The molecule has 0 amide bonds. The zero-order chi connectivity index (χ0) is 16.9. The molecule has 23 heavy (non-hydrogen) atoms. The molecular formula is C19H31NO3. The van der Waals surface area contributed by atoms with E-state index in [0.717, 1.165) is 30.0 Å². The van der Waals surface area contributed by atoms with Crippen molar-refractivity contribution in [2.45, 2.75) is 78.7 Å². The molecule has 0 spiro atoms. The van der Waals surface area contributed by atoms with Crippen molar-refractivity contribution in [3.63, 3.8) is 0 Å². The number of unbranched alkanes of at least 4 members (excludes halogenated alkanes) is 7. The lowest BCUT2D eigenvalue weighted by Gasteiger charge is -2.12. The number of aromatic nitrogens is 1. The van der Waals surface area contributed by atoms with Gasteiger partial charge in [-0.2, -0.15) is 0 Å². The molecule has 0 saturated heterocycles. The largest absolute Gasteiger partial charge is 0.493 e. The fourth-order valence-corrected chi connectivity index (χ4v) is 2.45. The fraction of sp³-hybridized carbons (Fsp3) is 0.684. The first kappa shape index (κ1) is 19.5. The second-order valence-electron chi connectivity index (χ2n) is 5.98. The molecule has 0 saturated carbocycles. The maximum Gasteiger partial charge on any atom is 0.303 e. The minimum atomic E-state index is -0.295. The molecule has 1 aromatic rings. The summed E-state index contributed by atoms with van der Waals surface area (Å²) in [6, 6.07) is 1.87. The van der Waals surface area contributed by atoms with Crippen molar-refractivity contribution in [3.8, 4) is 5.75 Å². The van der Waals surface area contributed by atoms with Gasteiger partial charge in [-0.3, -0.25) is 9.78 Å². The summed E-state index contributed by atoms with van der Waals surface area (Å²) in [5.74, 6) is 0.543. The van der Waals surface area contributed by atoms with Crippen LogP contribution in [-0.4, -0.2) is 17.6 Å². The summed E-state index contributed by atoms with van der Waals surface area (Å²) in [5.41, 5.74) is 1.71. The Morgan fingerprint density at radius 1 is 1.09 bits per heavy atom. The Hall–Kier alpha value is -1.58. The van der Waals surface area contributed by atoms with Crippen molar-refractivity contribution in [1.82, 2.24) is 4.98 Å². The molecule has 4 nitrogen and oxygen atoms in total. The van der Waals surface area contributed by atoms with Crippen molar-refractivity contribution < 1.29 is 14.3 Å². The lowest BCUT2D eigenvalue weighted by Crippen LogP contribution is -2.05. The minimum Gasteiger partial charge on any atom is -0.493 e. The van der Waals surface area contributed by atoms with Crippen molar-refractivity contribution in [3.05, 3.63) is 23.5 Å². The lowest BCUT2D eigenvalue weighted by atomic mass is 10.1. The Kier molecular flexibility index (Phi) is 10.1. The molecular weight excluding hydrogens is 290 g/mol. The molecule has 0 N–H and O–H groups in total. The molecule has 1 heterocycles. The summed E-state index contributed by atoms with van der Waals surface area (Å²) >= 11 is 0. The van der Waals surface area contributed by atoms with Gasteiger partial charge in [0.05, 0.1) is 12.3 Å². The lowest BCUT2D eigenvalue weighted by molar-refractivity contribution is -0.142. The Labute approximate surface area is 140 Å². The number of nitrogens with zero attached hydrogens (tertiary/aromatic N) is 1. The topological polar surface area (TPSA) is 48.4 Å². The van der Waals surface area contributed by atoms with E-state index < -0.39 is 0 Å². The van der Waals surface area contributed by atoms with Crippen LogP contribution in [0.3, 0.4) is 0 Å². The van der Waals surface area contributed by atoms with Crippen LogP contribution in [0.2, 0.25) is 0 Å². The highest BCUT2D eigenvalue weighted by molar-refractivity contribution is 5.65. The predicted octanol–water partition coefficient (Wildman–Crippen LogP) is 4.97. The highest BCUT2D eigenvalue weighted by atomic mass is 16.5. The number of carbonyl (C=O) groups is 1. The molecule has 0 atom stereocenters. The first-order valence-electron chi connectivity index (χ1n) is 8.85. The molecule has 0 aliphatic heterocycles. The van der Waals surface area contributed by atoms with Crippen LogP contribution >= 0.6 is 0 Å². The van der Waals surface area contributed by atoms with Gasteiger partial charge in [0.1, 0.15) is 12.4 Å². The van der Waals surface area contributed by atoms with Gasteiger partial charge < -0.3 is 9.47 Å². The van der Waals surface area contributed by atoms with Gasteiger partial charge in [0.2, 0.25) is 0 Å². The van der Waals surface area contributed by atoms with E-state index in [1.165, 1.54) is 51.9 Å². The first-order chi connectivity index (χ1) is 11.1. The van der Waals surface area contributed by atoms with Crippen molar-refractivity contribution in [2.24, 2.45) is 0 Å². The first-order valence-corrected chi connectivity index (χ1v) is 8.85. The SMILES string of the molecule is CCCCCCCCCCOc1ccnc(COC(C)=O)c1C. The van der Waals surface area contributed by atoms with E-state index in [0.29, 0.717) is 0 Å². The molecule has 0 aliphatic rings. The summed E-state index contributed by atoms with van der Waals surface area (Å²) in [5, 5.41) is 0. The van der Waals surface area contributed by atoms with Crippen molar-refractivity contribution in [2.75, 3.05) is 6.61 Å².